The van der Waals surface area contributed by atoms with Crippen LogP contribution in [0.25, 0.3) is 0 Å². The van der Waals surface area contributed by atoms with Crippen LogP contribution in [0.2, 0.25) is 0 Å². The van der Waals surface area contributed by atoms with E-state index in [1.54, 1.807) is 7.11 Å². The maximum Gasteiger partial charge on any atom is 0.107 e. The van der Waals surface area contributed by atoms with Gasteiger partial charge in [0.05, 0.1) is 18.8 Å². The molecule has 1 saturated heterocycles. The molecule has 1 aliphatic rings. The van der Waals surface area contributed by atoms with Crippen molar-refractivity contribution in [2.75, 3.05) is 20.3 Å². The van der Waals surface area contributed by atoms with Gasteiger partial charge in [-0.25, -0.2) is 0 Å². The lowest BCUT2D eigenvalue weighted by molar-refractivity contribution is -0.148. The van der Waals surface area contributed by atoms with E-state index < -0.39 is 0 Å². The molecule has 1 rings (SSSR count). The summed E-state index contributed by atoms with van der Waals surface area (Å²) < 4.78 is 16.3. The molecule has 0 radical (unpaired) electrons. The zero-order chi connectivity index (χ0) is 8.97. The van der Waals surface area contributed by atoms with Crippen molar-refractivity contribution in [3.63, 3.8) is 0 Å². The third-order valence-electron chi connectivity index (χ3n) is 2.21. The highest BCUT2D eigenvalue weighted by Crippen LogP contribution is 2.18. The van der Waals surface area contributed by atoms with E-state index in [1.807, 2.05) is 6.92 Å². The van der Waals surface area contributed by atoms with Crippen molar-refractivity contribution >= 4 is 0 Å². The standard InChI is InChI=1S/C9H18O3/c1-4-11-8-5-7(2)12-6-9(8)10-3/h7-9H,4-6H2,1-3H3. The topological polar surface area (TPSA) is 27.7 Å². The van der Waals surface area contributed by atoms with Crippen molar-refractivity contribution in [1.82, 2.24) is 0 Å². The Hall–Kier alpha value is -0.120. The maximum absolute atomic E-state index is 5.55. The molecule has 0 aliphatic carbocycles. The molecule has 0 bridgehead atoms. The van der Waals surface area contributed by atoms with Gasteiger partial charge in [-0.2, -0.15) is 0 Å². The lowest BCUT2D eigenvalue weighted by Gasteiger charge is -2.33. The summed E-state index contributed by atoms with van der Waals surface area (Å²) in [7, 11) is 1.70. The van der Waals surface area contributed by atoms with Crippen molar-refractivity contribution in [2.45, 2.75) is 38.6 Å². The van der Waals surface area contributed by atoms with Crippen LogP contribution in [0.15, 0.2) is 0 Å². The van der Waals surface area contributed by atoms with Crippen LogP contribution in [0.1, 0.15) is 20.3 Å². The van der Waals surface area contributed by atoms with E-state index in [-0.39, 0.29) is 12.2 Å². The summed E-state index contributed by atoms with van der Waals surface area (Å²) in [6.45, 7) is 5.48. The molecule has 0 amide bonds. The molecule has 3 unspecified atom stereocenters. The van der Waals surface area contributed by atoms with Gasteiger partial charge in [0.2, 0.25) is 0 Å². The van der Waals surface area contributed by atoms with Gasteiger partial charge in [0.1, 0.15) is 6.10 Å². The predicted molar refractivity (Wildman–Crippen MR) is 46.2 cm³/mol. The molecule has 0 N–H and O–H groups in total. The number of ether oxygens (including phenoxy) is 3. The molecule has 1 heterocycles. The first-order valence-corrected chi connectivity index (χ1v) is 4.54. The number of hydrogen-bond acceptors (Lipinski definition) is 3. The maximum atomic E-state index is 5.55. The molecule has 1 aliphatic heterocycles. The average molecular weight is 174 g/mol. The highest BCUT2D eigenvalue weighted by Gasteiger charge is 2.29. The quantitative estimate of drug-likeness (QED) is 0.643. The Morgan fingerprint density at radius 3 is 2.75 bits per heavy atom. The summed E-state index contributed by atoms with van der Waals surface area (Å²) in [4.78, 5) is 0. The van der Waals surface area contributed by atoms with Gasteiger partial charge >= 0.3 is 0 Å². The summed E-state index contributed by atoms with van der Waals surface area (Å²) in [5.41, 5.74) is 0. The molecular weight excluding hydrogens is 156 g/mol. The summed E-state index contributed by atoms with van der Waals surface area (Å²) in [5.74, 6) is 0. The monoisotopic (exact) mass is 174 g/mol. The minimum Gasteiger partial charge on any atom is -0.376 e. The molecule has 3 atom stereocenters. The second kappa shape index (κ2) is 4.80. The fourth-order valence-corrected chi connectivity index (χ4v) is 1.52. The number of methoxy groups -OCH3 is 1. The first-order chi connectivity index (χ1) is 5.77. The van der Waals surface area contributed by atoms with E-state index in [0.29, 0.717) is 12.7 Å². The average Bonchev–Trinajstić information content (AvgIpc) is 2.05. The zero-order valence-electron chi connectivity index (χ0n) is 8.08. The molecule has 0 aromatic carbocycles. The van der Waals surface area contributed by atoms with E-state index in [9.17, 15) is 0 Å². The first-order valence-electron chi connectivity index (χ1n) is 4.54. The van der Waals surface area contributed by atoms with Crippen LogP contribution >= 0.6 is 0 Å². The second-order valence-corrected chi connectivity index (χ2v) is 3.15. The molecule has 72 valence electrons. The number of rotatable bonds is 3. The van der Waals surface area contributed by atoms with Gasteiger partial charge in [-0.15, -0.1) is 0 Å². The Kier molecular flexibility index (Phi) is 3.98. The van der Waals surface area contributed by atoms with Gasteiger partial charge in [-0.1, -0.05) is 0 Å². The molecule has 12 heavy (non-hydrogen) atoms. The summed E-state index contributed by atoms with van der Waals surface area (Å²) in [6, 6.07) is 0. The van der Waals surface area contributed by atoms with E-state index in [2.05, 4.69) is 6.92 Å². The predicted octanol–water partition coefficient (Wildman–Crippen LogP) is 1.22. The second-order valence-electron chi connectivity index (χ2n) is 3.15. The highest BCUT2D eigenvalue weighted by atomic mass is 16.6. The first kappa shape index (κ1) is 9.96. The Bertz CT molecular complexity index is 127. The van der Waals surface area contributed by atoms with Crippen molar-refractivity contribution in [2.24, 2.45) is 0 Å². The zero-order valence-corrected chi connectivity index (χ0v) is 8.08. The molecule has 0 aromatic heterocycles. The lowest BCUT2D eigenvalue weighted by atomic mass is 10.0. The van der Waals surface area contributed by atoms with Gasteiger partial charge < -0.3 is 14.2 Å². The van der Waals surface area contributed by atoms with Crippen LogP contribution in [0.4, 0.5) is 0 Å². The molecular formula is C9H18O3. The minimum absolute atomic E-state index is 0.112. The van der Waals surface area contributed by atoms with Crippen LogP contribution in [-0.2, 0) is 14.2 Å². The van der Waals surface area contributed by atoms with Crippen molar-refractivity contribution in [3.05, 3.63) is 0 Å². The molecule has 0 spiro atoms. The van der Waals surface area contributed by atoms with Crippen molar-refractivity contribution in [3.8, 4) is 0 Å². The van der Waals surface area contributed by atoms with E-state index in [1.165, 1.54) is 0 Å². The molecule has 1 fully saturated rings. The third-order valence-corrected chi connectivity index (χ3v) is 2.21. The summed E-state index contributed by atoms with van der Waals surface area (Å²) in [5, 5.41) is 0. The van der Waals surface area contributed by atoms with E-state index >= 15 is 0 Å². The Balaban J connectivity index is 2.40. The molecule has 0 aromatic rings. The van der Waals surface area contributed by atoms with Gasteiger partial charge in [0.25, 0.3) is 0 Å². The largest absolute Gasteiger partial charge is 0.376 e. The van der Waals surface area contributed by atoms with Crippen LogP contribution in [0.3, 0.4) is 0 Å². The molecule has 3 heteroatoms. The SMILES string of the molecule is CCOC1CC(C)OCC1OC. The minimum atomic E-state index is 0.112. The highest BCUT2D eigenvalue weighted by molar-refractivity contribution is 4.78. The van der Waals surface area contributed by atoms with Crippen LogP contribution < -0.4 is 0 Å². The van der Waals surface area contributed by atoms with Crippen LogP contribution in [0, 0.1) is 0 Å². The van der Waals surface area contributed by atoms with Crippen molar-refractivity contribution in [1.29, 1.82) is 0 Å². The van der Waals surface area contributed by atoms with Gasteiger partial charge in [-0.05, 0) is 13.8 Å². The molecule has 3 nitrogen and oxygen atoms in total. The lowest BCUT2D eigenvalue weighted by Crippen LogP contribution is -2.43. The fraction of sp³-hybridized carbons (Fsp3) is 1.00. The summed E-state index contributed by atoms with van der Waals surface area (Å²) >= 11 is 0. The third kappa shape index (κ3) is 2.44. The van der Waals surface area contributed by atoms with Gasteiger partial charge in [0.15, 0.2) is 0 Å². The number of hydrogen-bond donors (Lipinski definition) is 0. The fourth-order valence-electron chi connectivity index (χ4n) is 1.52. The van der Waals surface area contributed by atoms with E-state index in [4.69, 9.17) is 14.2 Å². The summed E-state index contributed by atoms with van der Waals surface area (Å²) in [6.07, 6.45) is 1.56. The smallest absolute Gasteiger partial charge is 0.107 e. The van der Waals surface area contributed by atoms with Crippen LogP contribution in [-0.4, -0.2) is 38.6 Å². The van der Waals surface area contributed by atoms with Gasteiger partial charge in [-0.3, -0.25) is 0 Å². The van der Waals surface area contributed by atoms with Crippen molar-refractivity contribution < 1.29 is 14.2 Å². The van der Waals surface area contributed by atoms with Gasteiger partial charge in [0, 0.05) is 20.1 Å². The van der Waals surface area contributed by atoms with Crippen LogP contribution in [0.5, 0.6) is 0 Å². The van der Waals surface area contributed by atoms with E-state index in [0.717, 1.165) is 13.0 Å². The Morgan fingerprint density at radius 1 is 1.42 bits per heavy atom. The Morgan fingerprint density at radius 2 is 2.17 bits per heavy atom. The normalized spacial score (nSPS) is 36.8. The molecule has 0 saturated carbocycles. The Labute approximate surface area is 74.0 Å².